The fourth-order valence-corrected chi connectivity index (χ4v) is 7.55. The minimum atomic E-state index is -0.881. The van der Waals surface area contributed by atoms with E-state index in [1.807, 2.05) is 6.08 Å². The third-order valence-electron chi connectivity index (χ3n) is 11.6. The Morgan fingerprint density at radius 3 is 1.13 bits per heavy atom. The Balaban J connectivity index is 3.64. The van der Waals surface area contributed by atoms with Crippen LogP contribution in [0.15, 0.2) is 97.2 Å². The number of unbranched alkanes of at least 4 members (excludes halogenated alkanes) is 26. The van der Waals surface area contributed by atoms with Gasteiger partial charge in [0.2, 0.25) is 5.91 Å². The first-order chi connectivity index (χ1) is 30.7. The number of aliphatic hydroxyl groups is 2. The van der Waals surface area contributed by atoms with Gasteiger partial charge in [-0.25, -0.2) is 0 Å². The fourth-order valence-electron chi connectivity index (χ4n) is 7.55. The molecule has 62 heavy (non-hydrogen) atoms. The van der Waals surface area contributed by atoms with E-state index in [0.29, 0.717) is 6.42 Å². The van der Waals surface area contributed by atoms with Crippen LogP contribution < -0.4 is 5.32 Å². The monoisotopic (exact) mass is 860 g/mol. The lowest BCUT2D eigenvalue weighted by atomic mass is 10.0. The Hall–Kier alpha value is -2.69. The van der Waals surface area contributed by atoms with Crippen LogP contribution in [-0.4, -0.2) is 34.9 Å². The third-order valence-corrected chi connectivity index (χ3v) is 11.6. The number of nitrogens with one attached hydrogen (secondary N) is 1. The van der Waals surface area contributed by atoms with Crippen LogP contribution in [0.1, 0.15) is 245 Å². The van der Waals surface area contributed by atoms with Crippen molar-refractivity contribution in [3.63, 3.8) is 0 Å². The van der Waals surface area contributed by atoms with Crippen molar-refractivity contribution in [2.75, 3.05) is 6.61 Å². The molecule has 0 aromatic rings. The lowest BCUT2D eigenvalue weighted by Crippen LogP contribution is -2.45. The van der Waals surface area contributed by atoms with Crippen molar-refractivity contribution < 1.29 is 15.0 Å². The highest BCUT2D eigenvalue weighted by Gasteiger charge is 2.17. The van der Waals surface area contributed by atoms with Gasteiger partial charge in [-0.15, -0.1) is 0 Å². The van der Waals surface area contributed by atoms with Crippen LogP contribution in [0.3, 0.4) is 0 Å². The van der Waals surface area contributed by atoms with E-state index in [9.17, 15) is 15.0 Å². The number of hydrogen-bond acceptors (Lipinski definition) is 3. The van der Waals surface area contributed by atoms with E-state index in [4.69, 9.17) is 0 Å². The summed E-state index contributed by atoms with van der Waals surface area (Å²) in [5, 5.41) is 23.1. The van der Waals surface area contributed by atoms with Crippen molar-refractivity contribution >= 4 is 5.91 Å². The lowest BCUT2D eigenvalue weighted by Gasteiger charge is -2.19. The molecule has 0 heterocycles. The van der Waals surface area contributed by atoms with Gasteiger partial charge in [0.1, 0.15) is 0 Å². The van der Waals surface area contributed by atoms with Crippen molar-refractivity contribution in [1.82, 2.24) is 5.32 Å². The van der Waals surface area contributed by atoms with Gasteiger partial charge in [-0.2, -0.15) is 0 Å². The third kappa shape index (κ3) is 48.3. The molecule has 0 aliphatic carbocycles. The largest absolute Gasteiger partial charge is 0.394 e. The van der Waals surface area contributed by atoms with Crippen LogP contribution in [0.5, 0.6) is 0 Å². The van der Waals surface area contributed by atoms with Crippen molar-refractivity contribution in [2.24, 2.45) is 0 Å². The summed E-state index contributed by atoms with van der Waals surface area (Å²) >= 11 is 0. The molecule has 4 nitrogen and oxygen atoms in total. The summed E-state index contributed by atoms with van der Waals surface area (Å²) in [5.74, 6) is -0.100. The molecule has 0 radical (unpaired) electrons. The highest BCUT2D eigenvalue weighted by atomic mass is 16.3. The molecule has 3 N–H and O–H groups in total. The molecule has 0 aliphatic heterocycles. The zero-order chi connectivity index (χ0) is 44.9. The van der Waals surface area contributed by atoms with E-state index in [2.05, 4.69) is 104 Å². The molecule has 0 spiro atoms. The molecule has 0 saturated heterocycles. The molecule has 1 amide bonds. The summed E-state index contributed by atoms with van der Waals surface area (Å²) in [5.41, 5.74) is 0. The SMILES string of the molecule is CC/C=C\C/C=C\C/C=C\C/C=C\C/C=C\C/C=C\CCCCCCC(=O)NC(CO)C(O)/C=C/CC/C=C/CCCCCCCCCCCCCCCCCCCCCCC. The van der Waals surface area contributed by atoms with E-state index in [1.165, 1.54) is 135 Å². The predicted molar refractivity (Wildman–Crippen MR) is 276 cm³/mol. The first-order valence-corrected chi connectivity index (χ1v) is 26.5. The summed E-state index contributed by atoms with van der Waals surface area (Å²) < 4.78 is 0. The lowest BCUT2D eigenvalue weighted by molar-refractivity contribution is -0.123. The second-order valence-corrected chi connectivity index (χ2v) is 17.6. The van der Waals surface area contributed by atoms with E-state index in [1.54, 1.807) is 6.08 Å². The number of allylic oxidation sites excluding steroid dienone is 15. The molecule has 0 aliphatic rings. The zero-order valence-electron chi connectivity index (χ0n) is 40.9. The van der Waals surface area contributed by atoms with Crippen LogP contribution >= 0.6 is 0 Å². The molecule has 0 saturated carbocycles. The zero-order valence-corrected chi connectivity index (χ0v) is 40.9. The highest BCUT2D eigenvalue weighted by molar-refractivity contribution is 5.76. The molecule has 2 atom stereocenters. The topological polar surface area (TPSA) is 69.6 Å². The maximum Gasteiger partial charge on any atom is 0.220 e. The first-order valence-electron chi connectivity index (χ1n) is 26.5. The van der Waals surface area contributed by atoms with Gasteiger partial charge in [0.05, 0.1) is 18.8 Å². The average molecular weight is 860 g/mol. The molecule has 356 valence electrons. The van der Waals surface area contributed by atoms with Gasteiger partial charge in [-0.3, -0.25) is 4.79 Å². The van der Waals surface area contributed by atoms with Gasteiger partial charge in [-0.1, -0.05) is 252 Å². The highest BCUT2D eigenvalue weighted by Crippen LogP contribution is 2.16. The standard InChI is InChI=1S/C58H101NO3/c1-3-5-7-9-11-13-15-17-19-21-23-25-27-28-29-30-32-33-35-37-39-41-43-45-47-49-51-53-57(61)56(55-60)59-58(62)54-52-50-48-46-44-42-40-38-36-34-31-26-24-22-20-18-16-14-12-10-8-6-4-2/h6,8,12,14,18,20,24,26,34,36,40,42-43,45,51,53,56-57,60-61H,3-5,7,9-11,13,15-17,19,21-23,25,27-33,35,37-39,41,44,46-50,52,54-55H2,1-2H3,(H,59,62)/b8-6-,14-12-,20-18-,26-24-,36-34-,42-40-,45-43+,53-51+. The van der Waals surface area contributed by atoms with Crippen LogP contribution in [0.4, 0.5) is 0 Å². The maximum absolute atomic E-state index is 12.4. The Kier molecular flexibility index (Phi) is 50.4. The normalized spacial score (nSPS) is 13.7. The Bertz CT molecular complexity index is 1160. The molecule has 0 aromatic carbocycles. The number of amides is 1. The molecular formula is C58H101NO3. The van der Waals surface area contributed by atoms with E-state index < -0.39 is 12.1 Å². The number of carbonyl (C=O) groups excluding carboxylic acids is 1. The molecule has 2 unspecified atom stereocenters. The van der Waals surface area contributed by atoms with Crippen molar-refractivity contribution in [1.29, 1.82) is 0 Å². The fraction of sp³-hybridized carbons (Fsp3) is 0.707. The summed E-state index contributed by atoms with van der Waals surface area (Å²) in [7, 11) is 0. The number of carbonyl (C=O) groups is 1. The van der Waals surface area contributed by atoms with Crippen LogP contribution in [0.2, 0.25) is 0 Å². The van der Waals surface area contributed by atoms with Crippen molar-refractivity contribution in [3.8, 4) is 0 Å². The Labute approximate surface area is 385 Å². The van der Waals surface area contributed by atoms with Crippen LogP contribution in [0, 0.1) is 0 Å². The molecule has 0 aromatic heterocycles. The Morgan fingerprint density at radius 2 is 0.726 bits per heavy atom. The summed E-state index contributed by atoms with van der Waals surface area (Å²) in [6.45, 7) is 4.18. The minimum Gasteiger partial charge on any atom is -0.394 e. The summed E-state index contributed by atoms with van der Waals surface area (Å²) in [4.78, 5) is 12.4. The maximum atomic E-state index is 12.4. The van der Waals surface area contributed by atoms with Gasteiger partial charge < -0.3 is 15.5 Å². The molecule has 0 fully saturated rings. The summed E-state index contributed by atoms with van der Waals surface area (Å²) in [6, 6.07) is -0.661. The molecule has 4 heteroatoms. The van der Waals surface area contributed by atoms with Crippen molar-refractivity contribution in [2.45, 2.75) is 257 Å². The molecule has 0 rings (SSSR count). The van der Waals surface area contributed by atoms with Gasteiger partial charge >= 0.3 is 0 Å². The Morgan fingerprint density at radius 1 is 0.403 bits per heavy atom. The number of rotatable bonds is 47. The van der Waals surface area contributed by atoms with Gasteiger partial charge in [-0.05, 0) is 83.5 Å². The quantitative estimate of drug-likeness (QED) is 0.0422. The average Bonchev–Trinajstić information content (AvgIpc) is 3.28. The molecular weight excluding hydrogens is 759 g/mol. The smallest absolute Gasteiger partial charge is 0.220 e. The second-order valence-electron chi connectivity index (χ2n) is 17.6. The van der Waals surface area contributed by atoms with Crippen LogP contribution in [0.25, 0.3) is 0 Å². The van der Waals surface area contributed by atoms with Gasteiger partial charge in [0, 0.05) is 6.42 Å². The van der Waals surface area contributed by atoms with E-state index in [-0.39, 0.29) is 12.5 Å². The van der Waals surface area contributed by atoms with Crippen LogP contribution in [-0.2, 0) is 4.79 Å². The van der Waals surface area contributed by atoms with E-state index >= 15 is 0 Å². The second kappa shape index (κ2) is 52.7. The summed E-state index contributed by atoms with van der Waals surface area (Å²) in [6.07, 6.45) is 78.4. The minimum absolute atomic E-state index is 0.100. The van der Waals surface area contributed by atoms with Crippen molar-refractivity contribution in [3.05, 3.63) is 97.2 Å². The number of hydrogen-bond donors (Lipinski definition) is 3. The van der Waals surface area contributed by atoms with Gasteiger partial charge in [0.25, 0.3) is 0 Å². The van der Waals surface area contributed by atoms with E-state index in [0.717, 1.165) is 89.9 Å². The molecule has 0 bridgehead atoms. The number of aliphatic hydroxyl groups excluding tert-OH is 2. The van der Waals surface area contributed by atoms with Gasteiger partial charge in [0.15, 0.2) is 0 Å². The first kappa shape index (κ1) is 59.3. The predicted octanol–water partition coefficient (Wildman–Crippen LogP) is 17.4.